The summed E-state index contributed by atoms with van der Waals surface area (Å²) in [7, 11) is 0. The molecule has 0 aliphatic carbocycles. The summed E-state index contributed by atoms with van der Waals surface area (Å²) in [5.74, 6) is -5.95. The molecule has 0 aromatic heterocycles. The number of nitrogens with zero attached hydrogens (tertiary/aromatic N) is 1. The minimum atomic E-state index is -1.64. The summed E-state index contributed by atoms with van der Waals surface area (Å²) < 4.78 is 39.8. The van der Waals surface area contributed by atoms with Gasteiger partial charge in [0.25, 0.3) is 0 Å². The van der Waals surface area contributed by atoms with E-state index in [0.717, 1.165) is 17.0 Å². The van der Waals surface area contributed by atoms with Gasteiger partial charge in [0, 0.05) is 19.5 Å². The van der Waals surface area contributed by atoms with Gasteiger partial charge in [-0.25, -0.2) is 13.2 Å². The molecule has 7 heteroatoms. The van der Waals surface area contributed by atoms with Crippen molar-refractivity contribution in [3.63, 3.8) is 0 Å². The van der Waals surface area contributed by atoms with Gasteiger partial charge in [0.2, 0.25) is 11.8 Å². The second kappa shape index (κ2) is 5.99. The molecule has 1 aliphatic heterocycles. The zero-order chi connectivity index (χ0) is 15.6. The van der Waals surface area contributed by atoms with Crippen molar-refractivity contribution in [1.29, 1.82) is 0 Å². The van der Waals surface area contributed by atoms with Crippen molar-refractivity contribution in [3.8, 4) is 0 Å². The fourth-order valence-corrected chi connectivity index (χ4v) is 2.16. The number of benzene rings is 1. The number of anilines is 1. The first-order valence-electron chi connectivity index (χ1n) is 6.28. The first kappa shape index (κ1) is 15.1. The normalized spacial score (nSPS) is 18.0. The Labute approximate surface area is 119 Å². The van der Waals surface area contributed by atoms with Gasteiger partial charge in [0.05, 0.1) is 11.6 Å². The minimum absolute atomic E-state index is 0.0796. The topological polar surface area (TPSA) is 49.4 Å². The van der Waals surface area contributed by atoms with Gasteiger partial charge in [-0.2, -0.15) is 0 Å². The number of hydrogen-bond donors (Lipinski definition) is 1. The smallest absolute Gasteiger partial charge is 0.227 e. The predicted molar refractivity (Wildman–Crippen MR) is 70.0 cm³/mol. The first-order chi connectivity index (χ1) is 9.95. The van der Waals surface area contributed by atoms with Crippen molar-refractivity contribution in [3.05, 3.63) is 42.2 Å². The SMILES string of the molecule is C=CCNC(=O)C1CC(=O)N(c2ccc(F)c(F)c2F)C1. The summed E-state index contributed by atoms with van der Waals surface area (Å²) in [6, 6.07) is 1.72. The zero-order valence-corrected chi connectivity index (χ0v) is 11.0. The van der Waals surface area contributed by atoms with Crippen LogP contribution >= 0.6 is 0 Å². The summed E-state index contributed by atoms with van der Waals surface area (Å²) in [5.41, 5.74) is -0.363. The number of nitrogens with one attached hydrogen (secondary N) is 1. The van der Waals surface area contributed by atoms with E-state index in [1.54, 1.807) is 0 Å². The summed E-state index contributed by atoms with van der Waals surface area (Å²) in [5, 5.41) is 2.54. The molecule has 4 nitrogen and oxygen atoms in total. The zero-order valence-electron chi connectivity index (χ0n) is 11.0. The monoisotopic (exact) mass is 298 g/mol. The maximum absolute atomic E-state index is 13.7. The van der Waals surface area contributed by atoms with Gasteiger partial charge in [-0.15, -0.1) is 6.58 Å². The van der Waals surface area contributed by atoms with Gasteiger partial charge in [-0.05, 0) is 12.1 Å². The highest BCUT2D eigenvalue weighted by atomic mass is 19.2. The predicted octanol–water partition coefficient (Wildman–Crippen LogP) is 1.76. The third kappa shape index (κ3) is 2.91. The molecule has 0 bridgehead atoms. The van der Waals surface area contributed by atoms with E-state index in [4.69, 9.17) is 0 Å². The van der Waals surface area contributed by atoms with Crippen molar-refractivity contribution in [2.45, 2.75) is 6.42 Å². The van der Waals surface area contributed by atoms with E-state index >= 15 is 0 Å². The van der Waals surface area contributed by atoms with Crippen LogP contribution in [0.2, 0.25) is 0 Å². The average molecular weight is 298 g/mol. The molecule has 0 radical (unpaired) electrons. The largest absolute Gasteiger partial charge is 0.352 e. The Balaban J connectivity index is 2.19. The van der Waals surface area contributed by atoms with E-state index < -0.39 is 29.3 Å². The number of carbonyl (C=O) groups is 2. The van der Waals surface area contributed by atoms with Crippen molar-refractivity contribution < 1.29 is 22.8 Å². The molecule has 1 unspecified atom stereocenters. The van der Waals surface area contributed by atoms with Crippen molar-refractivity contribution in [1.82, 2.24) is 5.32 Å². The molecule has 2 amide bonds. The summed E-state index contributed by atoms with van der Waals surface area (Å²) in [6.07, 6.45) is 1.38. The Morgan fingerprint density at radius 3 is 2.76 bits per heavy atom. The van der Waals surface area contributed by atoms with Crippen LogP contribution in [0.1, 0.15) is 6.42 Å². The molecule has 1 aromatic carbocycles. The van der Waals surface area contributed by atoms with Crippen LogP contribution in [0.25, 0.3) is 0 Å². The Bertz CT molecular complexity index is 604. The first-order valence-corrected chi connectivity index (χ1v) is 6.28. The second-order valence-electron chi connectivity index (χ2n) is 4.63. The Hall–Kier alpha value is -2.31. The van der Waals surface area contributed by atoms with E-state index in [9.17, 15) is 22.8 Å². The molecule has 21 heavy (non-hydrogen) atoms. The third-order valence-corrected chi connectivity index (χ3v) is 3.22. The van der Waals surface area contributed by atoms with Gasteiger partial charge in [-0.1, -0.05) is 6.08 Å². The lowest BCUT2D eigenvalue weighted by atomic mass is 10.1. The van der Waals surface area contributed by atoms with Crippen LogP contribution in [-0.4, -0.2) is 24.9 Å². The fourth-order valence-electron chi connectivity index (χ4n) is 2.16. The molecular formula is C14H13F3N2O2. The maximum atomic E-state index is 13.7. The minimum Gasteiger partial charge on any atom is -0.352 e. The lowest BCUT2D eigenvalue weighted by Crippen LogP contribution is -2.33. The van der Waals surface area contributed by atoms with E-state index in [1.807, 2.05) is 0 Å². The number of carbonyl (C=O) groups excluding carboxylic acids is 2. The Morgan fingerprint density at radius 2 is 2.10 bits per heavy atom. The Kier molecular flexibility index (Phi) is 4.30. The van der Waals surface area contributed by atoms with Gasteiger partial charge < -0.3 is 10.2 Å². The van der Waals surface area contributed by atoms with Crippen LogP contribution in [0.5, 0.6) is 0 Å². The van der Waals surface area contributed by atoms with Crippen molar-refractivity contribution in [2.75, 3.05) is 18.0 Å². The van der Waals surface area contributed by atoms with Gasteiger partial charge in [0.1, 0.15) is 0 Å². The van der Waals surface area contributed by atoms with E-state index in [-0.39, 0.29) is 31.1 Å². The molecule has 1 heterocycles. The number of amides is 2. The van der Waals surface area contributed by atoms with Gasteiger partial charge >= 0.3 is 0 Å². The highest BCUT2D eigenvalue weighted by molar-refractivity contribution is 6.00. The van der Waals surface area contributed by atoms with Crippen LogP contribution in [-0.2, 0) is 9.59 Å². The Morgan fingerprint density at radius 1 is 1.38 bits per heavy atom. The van der Waals surface area contributed by atoms with Gasteiger partial charge in [-0.3, -0.25) is 9.59 Å². The molecular weight excluding hydrogens is 285 g/mol. The highest BCUT2D eigenvalue weighted by Gasteiger charge is 2.36. The lowest BCUT2D eigenvalue weighted by molar-refractivity contribution is -0.126. The number of halogens is 3. The number of hydrogen-bond acceptors (Lipinski definition) is 2. The standard InChI is InChI=1S/C14H13F3N2O2/c1-2-5-18-14(21)8-6-11(20)19(7-8)10-4-3-9(15)12(16)13(10)17/h2-4,8H,1,5-7H2,(H,18,21). The lowest BCUT2D eigenvalue weighted by Gasteiger charge is -2.17. The molecule has 0 saturated carbocycles. The van der Waals surface area contributed by atoms with Gasteiger partial charge in [0.15, 0.2) is 17.5 Å². The highest BCUT2D eigenvalue weighted by Crippen LogP contribution is 2.29. The van der Waals surface area contributed by atoms with E-state index in [2.05, 4.69) is 11.9 Å². The molecule has 0 spiro atoms. The molecule has 2 rings (SSSR count). The quantitative estimate of drug-likeness (QED) is 0.680. The number of rotatable bonds is 4. The maximum Gasteiger partial charge on any atom is 0.227 e. The van der Waals surface area contributed by atoms with Crippen LogP contribution < -0.4 is 10.2 Å². The molecule has 1 saturated heterocycles. The summed E-state index contributed by atoms with van der Waals surface area (Å²) in [6.45, 7) is 3.62. The molecule has 1 atom stereocenters. The van der Waals surface area contributed by atoms with Crippen molar-refractivity contribution >= 4 is 17.5 Å². The summed E-state index contributed by atoms with van der Waals surface area (Å²) in [4.78, 5) is 24.6. The molecule has 112 valence electrons. The van der Waals surface area contributed by atoms with Crippen LogP contribution in [0.4, 0.5) is 18.9 Å². The van der Waals surface area contributed by atoms with E-state index in [0.29, 0.717) is 0 Å². The summed E-state index contributed by atoms with van der Waals surface area (Å²) >= 11 is 0. The average Bonchev–Trinajstić information content (AvgIpc) is 2.84. The van der Waals surface area contributed by atoms with Crippen molar-refractivity contribution in [2.24, 2.45) is 5.92 Å². The van der Waals surface area contributed by atoms with Crippen LogP contribution in [0, 0.1) is 23.4 Å². The second-order valence-corrected chi connectivity index (χ2v) is 4.63. The molecule has 1 fully saturated rings. The fraction of sp³-hybridized carbons (Fsp3) is 0.286. The third-order valence-electron chi connectivity index (χ3n) is 3.22. The molecule has 1 N–H and O–H groups in total. The van der Waals surface area contributed by atoms with E-state index in [1.165, 1.54) is 6.08 Å². The van der Waals surface area contributed by atoms with Crippen LogP contribution in [0.15, 0.2) is 24.8 Å². The molecule has 1 aliphatic rings. The van der Waals surface area contributed by atoms with Crippen LogP contribution in [0.3, 0.4) is 0 Å². The molecule has 1 aromatic rings.